The Morgan fingerprint density at radius 3 is 2.64 bits per heavy atom. The van der Waals surface area contributed by atoms with Gasteiger partial charge in [0.2, 0.25) is 5.91 Å². The van der Waals surface area contributed by atoms with Crippen molar-refractivity contribution in [1.82, 2.24) is 15.2 Å². The molecular weight excluding hydrogens is 396 g/mol. The number of thiazole rings is 1. The number of anilines is 1. The Hall–Kier alpha value is -1.96. The second-order valence-corrected chi connectivity index (χ2v) is 8.56. The largest absolute Gasteiger partial charge is 0.340 e. The number of amides is 2. The Bertz CT molecular complexity index is 833. The summed E-state index contributed by atoms with van der Waals surface area (Å²) >= 11 is 7.49. The topological polar surface area (TPSA) is 74.3 Å². The zero-order valence-corrected chi connectivity index (χ0v) is 17.6. The van der Waals surface area contributed by atoms with Crippen LogP contribution in [-0.4, -0.2) is 40.8 Å². The molecule has 28 heavy (non-hydrogen) atoms. The van der Waals surface area contributed by atoms with Gasteiger partial charge in [-0.3, -0.25) is 14.5 Å². The molecule has 150 valence electrons. The van der Waals surface area contributed by atoms with Gasteiger partial charge in [-0.1, -0.05) is 37.6 Å². The number of nitrogens with one attached hydrogen (secondary N) is 2. The number of aromatic nitrogens is 1. The fourth-order valence-corrected chi connectivity index (χ4v) is 4.12. The van der Waals surface area contributed by atoms with Gasteiger partial charge in [0.15, 0.2) is 5.13 Å². The summed E-state index contributed by atoms with van der Waals surface area (Å²) in [4.78, 5) is 32.2. The molecule has 1 aliphatic heterocycles. The summed E-state index contributed by atoms with van der Waals surface area (Å²) in [6, 6.07) is 6.10. The zero-order chi connectivity index (χ0) is 20.1. The number of halogens is 1. The van der Waals surface area contributed by atoms with E-state index in [1.807, 2.05) is 19.2 Å². The highest BCUT2D eigenvalue weighted by Crippen LogP contribution is 2.20. The Labute approximate surface area is 174 Å². The third-order valence-corrected chi connectivity index (χ3v) is 5.86. The molecule has 8 heteroatoms. The highest BCUT2D eigenvalue weighted by Gasteiger charge is 2.26. The number of rotatable bonds is 7. The second-order valence-electron chi connectivity index (χ2n) is 7.29. The third kappa shape index (κ3) is 5.31. The van der Waals surface area contributed by atoms with Crippen molar-refractivity contribution >= 4 is 39.9 Å². The van der Waals surface area contributed by atoms with Crippen LogP contribution in [0.25, 0.3) is 0 Å². The SMILES string of the molecule is CC(C)C(NC(=O)c1ccccc1Cl)C(=O)Nc1nc(CN2CCCC2)cs1. The van der Waals surface area contributed by atoms with Crippen LogP contribution in [0.2, 0.25) is 5.02 Å². The predicted octanol–water partition coefficient (Wildman–Crippen LogP) is 3.79. The lowest BCUT2D eigenvalue weighted by molar-refractivity contribution is -0.118. The van der Waals surface area contributed by atoms with Crippen molar-refractivity contribution in [3.63, 3.8) is 0 Å². The van der Waals surface area contributed by atoms with Crippen molar-refractivity contribution in [1.29, 1.82) is 0 Å². The van der Waals surface area contributed by atoms with Crippen LogP contribution < -0.4 is 10.6 Å². The van der Waals surface area contributed by atoms with E-state index < -0.39 is 6.04 Å². The average Bonchev–Trinajstić information content (AvgIpc) is 3.32. The molecule has 1 aliphatic rings. The van der Waals surface area contributed by atoms with Crippen LogP contribution in [-0.2, 0) is 11.3 Å². The van der Waals surface area contributed by atoms with Crippen LogP contribution >= 0.6 is 22.9 Å². The molecule has 1 fully saturated rings. The standard InChI is InChI=1S/C20H25ClN4O2S/c1-13(2)17(23-18(26)15-7-3-4-8-16(15)21)19(27)24-20-22-14(12-28-20)11-25-9-5-6-10-25/h3-4,7-8,12-13,17H,5-6,9-11H2,1-2H3,(H,23,26)(H,22,24,27). The second kappa shape index (κ2) is 9.49. The molecule has 0 aliphatic carbocycles. The molecule has 1 atom stereocenters. The Balaban J connectivity index is 1.62. The maximum absolute atomic E-state index is 12.8. The van der Waals surface area contributed by atoms with Crippen molar-refractivity contribution in [2.24, 2.45) is 5.92 Å². The van der Waals surface area contributed by atoms with Gasteiger partial charge in [0.25, 0.3) is 5.91 Å². The van der Waals surface area contributed by atoms with Gasteiger partial charge < -0.3 is 10.6 Å². The molecule has 3 rings (SSSR count). The molecule has 6 nitrogen and oxygen atoms in total. The van der Waals surface area contributed by atoms with Gasteiger partial charge in [-0.05, 0) is 44.0 Å². The van der Waals surface area contributed by atoms with E-state index in [4.69, 9.17) is 11.6 Å². The predicted molar refractivity (Wildman–Crippen MR) is 113 cm³/mol. The first-order valence-corrected chi connectivity index (χ1v) is 10.7. The maximum Gasteiger partial charge on any atom is 0.253 e. The molecule has 0 bridgehead atoms. The van der Waals surface area contributed by atoms with Gasteiger partial charge in [-0.25, -0.2) is 4.98 Å². The van der Waals surface area contributed by atoms with E-state index in [9.17, 15) is 9.59 Å². The van der Waals surface area contributed by atoms with Gasteiger partial charge in [0.05, 0.1) is 16.3 Å². The molecule has 0 radical (unpaired) electrons. The van der Waals surface area contributed by atoms with Crippen molar-refractivity contribution in [2.45, 2.75) is 39.3 Å². The lowest BCUT2D eigenvalue weighted by atomic mass is 10.0. The molecular formula is C20H25ClN4O2S. The minimum atomic E-state index is -0.685. The fourth-order valence-electron chi connectivity index (χ4n) is 3.19. The third-order valence-electron chi connectivity index (χ3n) is 4.72. The highest BCUT2D eigenvalue weighted by molar-refractivity contribution is 7.13. The van der Waals surface area contributed by atoms with Crippen LogP contribution in [0.4, 0.5) is 5.13 Å². The summed E-state index contributed by atoms with van der Waals surface area (Å²) in [5.74, 6) is -0.735. The number of benzene rings is 1. The molecule has 0 saturated carbocycles. The summed E-state index contributed by atoms with van der Waals surface area (Å²) in [7, 11) is 0. The number of hydrogen-bond donors (Lipinski definition) is 2. The van der Waals surface area contributed by atoms with Crippen LogP contribution in [0.15, 0.2) is 29.6 Å². The molecule has 2 heterocycles. The number of nitrogens with zero attached hydrogens (tertiary/aromatic N) is 2. The van der Waals surface area contributed by atoms with Crippen molar-refractivity contribution in [3.05, 3.63) is 45.9 Å². The van der Waals surface area contributed by atoms with Crippen molar-refractivity contribution < 1.29 is 9.59 Å². The fraction of sp³-hybridized carbons (Fsp3) is 0.450. The number of likely N-dealkylation sites (tertiary alicyclic amines) is 1. The van der Waals surface area contributed by atoms with E-state index in [2.05, 4.69) is 20.5 Å². The highest BCUT2D eigenvalue weighted by atomic mass is 35.5. The van der Waals surface area contributed by atoms with Crippen molar-refractivity contribution in [3.8, 4) is 0 Å². The maximum atomic E-state index is 12.8. The Morgan fingerprint density at radius 1 is 1.25 bits per heavy atom. The van der Waals surface area contributed by atoms with E-state index in [0.29, 0.717) is 15.7 Å². The lowest BCUT2D eigenvalue weighted by Crippen LogP contribution is -2.47. The minimum absolute atomic E-state index is 0.0875. The summed E-state index contributed by atoms with van der Waals surface area (Å²) in [5, 5.41) is 8.52. The lowest BCUT2D eigenvalue weighted by Gasteiger charge is -2.21. The van der Waals surface area contributed by atoms with Gasteiger partial charge in [0.1, 0.15) is 6.04 Å². The van der Waals surface area contributed by atoms with Gasteiger partial charge >= 0.3 is 0 Å². The molecule has 2 aromatic rings. The van der Waals surface area contributed by atoms with Crippen LogP contribution in [0.1, 0.15) is 42.7 Å². The molecule has 1 saturated heterocycles. The molecule has 1 unspecified atom stereocenters. The minimum Gasteiger partial charge on any atom is -0.340 e. The van der Waals surface area contributed by atoms with E-state index in [-0.39, 0.29) is 17.7 Å². The molecule has 2 N–H and O–H groups in total. The van der Waals surface area contributed by atoms with E-state index >= 15 is 0 Å². The summed E-state index contributed by atoms with van der Waals surface area (Å²) in [6.07, 6.45) is 2.46. The Morgan fingerprint density at radius 2 is 1.96 bits per heavy atom. The molecule has 2 amide bonds. The quantitative estimate of drug-likeness (QED) is 0.714. The Kier molecular flexibility index (Phi) is 7.04. The first-order valence-electron chi connectivity index (χ1n) is 9.47. The monoisotopic (exact) mass is 420 g/mol. The molecule has 1 aromatic carbocycles. The first kappa shape index (κ1) is 20.8. The average molecular weight is 421 g/mol. The van der Waals surface area contributed by atoms with E-state index in [1.165, 1.54) is 24.2 Å². The first-order chi connectivity index (χ1) is 13.4. The number of carbonyl (C=O) groups is 2. The van der Waals surface area contributed by atoms with Crippen molar-refractivity contribution in [2.75, 3.05) is 18.4 Å². The van der Waals surface area contributed by atoms with Gasteiger partial charge in [0, 0.05) is 11.9 Å². The van der Waals surface area contributed by atoms with Crippen LogP contribution in [0.5, 0.6) is 0 Å². The normalized spacial score (nSPS) is 15.6. The summed E-state index contributed by atoms with van der Waals surface area (Å²) < 4.78 is 0. The zero-order valence-electron chi connectivity index (χ0n) is 16.1. The van der Waals surface area contributed by atoms with Gasteiger partial charge in [-0.2, -0.15) is 0 Å². The van der Waals surface area contributed by atoms with Gasteiger partial charge in [-0.15, -0.1) is 11.3 Å². The number of hydrogen-bond acceptors (Lipinski definition) is 5. The summed E-state index contributed by atoms with van der Waals surface area (Å²) in [5.41, 5.74) is 1.31. The van der Waals surface area contributed by atoms with Crippen LogP contribution in [0, 0.1) is 5.92 Å². The van der Waals surface area contributed by atoms with Crippen LogP contribution in [0.3, 0.4) is 0 Å². The van der Waals surface area contributed by atoms with E-state index in [0.717, 1.165) is 25.3 Å². The van der Waals surface area contributed by atoms with E-state index in [1.54, 1.807) is 24.3 Å². The molecule has 0 spiro atoms. The smallest absolute Gasteiger partial charge is 0.253 e. The number of carbonyl (C=O) groups excluding carboxylic acids is 2. The summed E-state index contributed by atoms with van der Waals surface area (Å²) in [6.45, 7) is 6.78. The molecule has 1 aromatic heterocycles.